The Morgan fingerprint density at radius 3 is 1.86 bits per heavy atom. The molecule has 0 heterocycles. The van der Waals surface area contributed by atoms with E-state index in [1.165, 1.54) is 0 Å². The van der Waals surface area contributed by atoms with Crippen LogP contribution < -0.4 is 0 Å². The highest BCUT2D eigenvalue weighted by atomic mass is 16.1. The third-order valence-corrected chi connectivity index (χ3v) is 3.34. The molecule has 0 fully saturated rings. The second-order valence-corrected chi connectivity index (χ2v) is 4.91. The Morgan fingerprint density at radius 1 is 0.727 bits per heavy atom. The summed E-state index contributed by atoms with van der Waals surface area (Å²) in [7, 11) is 0. The van der Waals surface area contributed by atoms with Crippen LogP contribution in [0.1, 0.15) is 21.5 Å². The SMILES string of the molecule is O=Cc1cccc(N=C(c2ccccc2)c2ccccc2)c1. The zero-order chi connectivity index (χ0) is 15.2. The van der Waals surface area contributed by atoms with Crippen LogP contribution in [-0.4, -0.2) is 12.0 Å². The van der Waals surface area contributed by atoms with Crippen LogP contribution in [0.3, 0.4) is 0 Å². The fourth-order valence-corrected chi connectivity index (χ4v) is 2.28. The smallest absolute Gasteiger partial charge is 0.150 e. The van der Waals surface area contributed by atoms with Crippen molar-refractivity contribution in [2.45, 2.75) is 0 Å². The summed E-state index contributed by atoms with van der Waals surface area (Å²) in [5.74, 6) is 0. The third kappa shape index (κ3) is 3.18. The molecule has 3 rings (SSSR count). The van der Waals surface area contributed by atoms with Crippen molar-refractivity contribution in [1.29, 1.82) is 0 Å². The summed E-state index contributed by atoms with van der Waals surface area (Å²) in [6.07, 6.45) is 0.837. The van der Waals surface area contributed by atoms with Crippen molar-refractivity contribution in [1.82, 2.24) is 0 Å². The summed E-state index contributed by atoms with van der Waals surface area (Å²) in [6, 6.07) is 27.4. The Morgan fingerprint density at radius 2 is 1.32 bits per heavy atom. The van der Waals surface area contributed by atoms with Crippen LogP contribution in [0.15, 0.2) is 89.9 Å². The van der Waals surface area contributed by atoms with E-state index in [2.05, 4.69) is 0 Å². The molecule has 0 aromatic heterocycles. The van der Waals surface area contributed by atoms with Crippen LogP contribution in [0.25, 0.3) is 0 Å². The molecule has 22 heavy (non-hydrogen) atoms. The van der Waals surface area contributed by atoms with Crippen molar-refractivity contribution in [3.05, 3.63) is 102 Å². The zero-order valence-electron chi connectivity index (χ0n) is 12.0. The molecular weight excluding hydrogens is 270 g/mol. The van der Waals surface area contributed by atoms with Gasteiger partial charge in [-0.05, 0) is 12.1 Å². The molecule has 3 aromatic rings. The molecule has 0 bridgehead atoms. The summed E-state index contributed by atoms with van der Waals surface area (Å²) in [4.78, 5) is 15.7. The molecule has 0 aliphatic carbocycles. The summed E-state index contributed by atoms with van der Waals surface area (Å²) in [6.45, 7) is 0. The van der Waals surface area contributed by atoms with E-state index < -0.39 is 0 Å². The van der Waals surface area contributed by atoms with Gasteiger partial charge < -0.3 is 0 Å². The standard InChI is InChI=1S/C20H15NO/c22-15-16-8-7-13-19(14-16)21-20(17-9-3-1-4-10-17)18-11-5-2-6-12-18/h1-15H. The minimum atomic E-state index is 0.627. The lowest BCUT2D eigenvalue weighted by Gasteiger charge is -2.08. The van der Waals surface area contributed by atoms with Gasteiger partial charge in [0.25, 0.3) is 0 Å². The van der Waals surface area contributed by atoms with Crippen molar-refractivity contribution in [2.75, 3.05) is 0 Å². The molecule has 0 unspecified atom stereocenters. The Balaban J connectivity index is 2.13. The van der Waals surface area contributed by atoms with Gasteiger partial charge in [0.1, 0.15) is 6.29 Å². The Hall–Kier alpha value is -3.00. The molecule has 0 atom stereocenters. The second-order valence-electron chi connectivity index (χ2n) is 4.91. The lowest BCUT2D eigenvalue weighted by Crippen LogP contribution is -2.02. The van der Waals surface area contributed by atoms with Crippen LogP contribution in [0.2, 0.25) is 0 Å². The van der Waals surface area contributed by atoms with Gasteiger partial charge in [-0.25, -0.2) is 4.99 Å². The molecule has 0 saturated carbocycles. The summed E-state index contributed by atoms with van der Waals surface area (Å²) in [5.41, 5.74) is 4.38. The summed E-state index contributed by atoms with van der Waals surface area (Å²) >= 11 is 0. The fraction of sp³-hybridized carbons (Fsp3) is 0. The van der Waals surface area contributed by atoms with Gasteiger partial charge in [0.15, 0.2) is 0 Å². The fourth-order valence-electron chi connectivity index (χ4n) is 2.28. The number of aldehydes is 1. The molecule has 0 aliphatic heterocycles. The molecule has 0 amide bonds. The first kappa shape index (κ1) is 14.0. The van der Waals surface area contributed by atoms with Gasteiger partial charge in [0, 0.05) is 16.7 Å². The number of hydrogen-bond donors (Lipinski definition) is 0. The summed E-state index contributed by atoms with van der Waals surface area (Å²) in [5, 5.41) is 0. The highest BCUT2D eigenvalue weighted by Gasteiger charge is 2.06. The predicted octanol–water partition coefficient (Wildman–Crippen LogP) is 4.67. The number of carbonyl (C=O) groups excluding carboxylic acids is 1. The number of carbonyl (C=O) groups is 1. The maximum Gasteiger partial charge on any atom is 0.150 e. The molecule has 0 N–H and O–H groups in total. The Kier molecular flexibility index (Phi) is 4.21. The van der Waals surface area contributed by atoms with Crippen molar-refractivity contribution < 1.29 is 4.79 Å². The van der Waals surface area contributed by atoms with Crippen molar-refractivity contribution in [3.8, 4) is 0 Å². The second kappa shape index (κ2) is 6.64. The molecule has 0 saturated heterocycles. The van der Waals surface area contributed by atoms with E-state index in [-0.39, 0.29) is 0 Å². The van der Waals surface area contributed by atoms with E-state index in [4.69, 9.17) is 4.99 Å². The molecule has 0 spiro atoms. The van der Waals surface area contributed by atoms with Gasteiger partial charge in [-0.15, -0.1) is 0 Å². The summed E-state index contributed by atoms with van der Waals surface area (Å²) < 4.78 is 0. The normalized spacial score (nSPS) is 10.0. The molecule has 2 heteroatoms. The van der Waals surface area contributed by atoms with Crippen LogP contribution in [0.4, 0.5) is 5.69 Å². The van der Waals surface area contributed by atoms with E-state index in [1.54, 1.807) is 12.1 Å². The minimum Gasteiger partial charge on any atom is -0.298 e. The quantitative estimate of drug-likeness (QED) is 0.506. The van der Waals surface area contributed by atoms with Gasteiger partial charge in [-0.2, -0.15) is 0 Å². The van der Waals surface area contributed by atoms with E-state index in [0.717, 1.165) is 28.8 Å². The van der Waals surface area contributed by atoms with E-state index in [1.807, 2.05) is 72.8 Å². The number of nitrogens with zero attached hydrogens (tertiary/aromatic N) is 1. The number of aliphatic imine (C=N–C) groups is 1. The van der Waals surface area contributed by atoms with Crippen LogP contribution in [0, 0.1) is 0 Å². The van der Waals surface area contributed by atoms with E-state index in [9.17, 15) is 4.79 Å². The van der Waals surface area contributed by atoms with E-state index in [0.29, 0.717) is 5.56 Å². The highest BCUT2D eigenvalue weighted by molar-refractivity contribution is 6.13. The average Bonchev–Trinajstić information content (AvgIpc) is 2.61. The van der Waals surface area contributed by atoms with Gasteiger partial charge in [-0.1, -0.05) is 72.8 Å². The van der Waals surface area contributed by atoms with Crippen molar-refractivity contribution in [2.24, 2.45) is 4.99 Å². The average molecular weight is 285 g/mol. The van der Waals surface area contributed by atoms with Gasteiger partial charge in [0.2, 0.25) is 0 Å². The lowest BCUT2D eigenvalue weighted by molar-refractivity contribution is 0.112. The van der Waals surface area contributed by atoms with Crippen molar-refractivity contribution >= 4 is 17.7 Å². The Bertz CT molecular complexity index is 751. The molecule has 2 nitrogen and oxygen atoms in total. The highest BCUT2D eigenvalue weighted by Crippen LogP contribution is 2.19. The first-order chi connectivity index (χ1) is 10.9. The van der Waals surface area contributed by atoms with E-state index >= 15 is 0 Å². The molecule has 106 valence electrons. The topological polar surface area (TPSA) is 29.4 Å². The predicted molar refractivity (Wildman–Crippen MR) is 90.0 cm³/mol. The maximum atomic E-state index is 10.9. The molecule has 3 aromatic carbocycles. The molecule has 0 radical (unpaired) electrons. The van der Waals surface area contributed by atoms with Crippen LogP contribution in [-0.2, 0) is 0 Å². The lowest BCUT2D eigenvalue weighted by atomic mass is 10.0. The number of rotatable bonds is 4. The minimum absolute atomic E-state index is 0.627. The molecule has 0 aliphatic rings. The van der Waals surface area contributed by atoms with Crippen LogP contribution in [0.5, 0.6) is 0 Å². The first-order valence-corrected chi connectivity index (χ1v) is 7.11. The number of benzene rings is 3. The van der Waals surface area contributed by atoms with Gasteiger partial charge >= 0.3 is 0 Å². The zero-order valence-corrected chi connectivity index (χ0v) is 12.0. The maximum absolute atomic E-state index is 10.9. The first-order valence-electron chi connectivity index (χ1n) is 7.11. The molecular formula is C20H15NO. The largest absolute Gasteiger partial charge is 0.298 e. The van der Waals surface area contributed by atoms with Crippen LogP contribution >= 0.6 is 0 Å². The third-order valence-electron chi connectivity index (χ3n) is 3.34. The van der Waals surface area contributed by atoms with Crippen molar-refractivity contribution in [3.63, 3.8) is 0 Å². The number of hydrogen-bond acceptors (Lipinski definition) is 2. The Labute approximate surface area is 129 Å². The van der Waals surface area contributed by atoms with Gasteiger partial charge in [0.05, 0.1) is 11.4 Å². The monoisotopic (exact) mass is 285 g/mol. The van der Waals surface area contributed by atoms with Gasteiger partial charge in [-0.3, -0.25) is 4.79 Å².